The number of nitro groups is 1. The van der Waals surface area contributed by atoms with E-state index in [0.29, 0.717) is 0 Å². The largest absolute Gasteiger partial charge is 0.369 e. The summed E-state index contributed by atoms with van der Waals surface area (Å²) >= 11 is 5.87. The van der Waals surface area contributed by atoms with Crippen molar-refractivity contribution in [3.63, 3.8) is 0 Å². The van der Waals surface area contributed by atoms with Crippen molar-refractivity contribution in [3.05, 3.63) is 37.6 Å². The Balaban J connectivity index is 1.98. The van der Waals surface area contributed by atoms with Gasteiger partial charge in [0.1, 0.15) is 15.8 Å². The molecule has 4 rings (SSSR count). The molecule has 126 valence electrons. The first-order valence-corrected chi connectivity index (χ1v) is 8.12. The van der Waals surface area contributed by atoms with Gasteiger partial charge in [-0.3, -0.25) is 19.9 Å². The van der Waals surface area contributed by atoms with Crippen LogP contribution in [-0.4, -0.2) is 29.1 Å². The summed E-state index contributed by atoms with van der Waals surface area (Å²) in [5.41, 5.74) is 4.82. The van der Waals surface area contributed by atoms with E-state index >= 15 is 0 Å². The summed E-state index contributed by atoms with van der Waals surface area (Å²) in [4.78, 5) is 36.7. The van der Waals surface area contributed by atoms with Gasteiger partial charge in [0.25, 0.3) is 11.2 Å². The lowest BCUT2D eigenvalue weighted by Gasteiger charge is -2.18. The third kappa shape index (κ3) is 2.30. The number of rotatable bonds is 1. The number of nitrogens with one attached hydrogen (secondary N) is 2. The normalized spacial score (nSPS) is 15.3. The number of aromatic nitrogens is 4. The van der Waals surface area contributed by atoms with Crippen LogP contribution in [0.2, 0.25) is 5.02 Å². The zero-order valence-corrected chi connectivity index (χ0v) is 13.5. The summed E-state index contributed by atoms with van der Waals surface area (Å²) in [6.45, 7) is 0. The number of aromatic amines is 1. The molecular weight excluding hydrogens is 374 g/mol. The van der Waals surface area contributed by atoms with Crippen LogP contribution in [-0.2, 0) is 10.8 Å². The number of fused-ring (bicyclic) bond motifs is 3. The molecule has 2 aromatic heterocycles. The monoisotopic (exact) mass is 379 g/mol. The van der Waals surface area contributed by atoms with Crippen LogP contribution in [0.25, 0.3) is 11.0 Å². The van der Waals surface area contributed by atoms with Crippen LogP contribution in [0.3, 0.4) is 0 Å². The number of nitrogens with zero attached hydrogens (tertiary/aromatic N) is 4. The SMILES string of the molecule is Nc1nc2c(c(=O)[nH]1)S(=O)c1nc3cc([N+](=O)[O-])c(Cl)cc3nc1N2. The van der Waals surface area contributed by atoms with Crippen LogP contribution < -0.4 is 16.6 Å². The van der Waals surface area contributed by atoms with Gasteiger partial charge in [0.15, 0.2) is 21.6 Å². The van der Waals surface area contributed by atoms with Crippen molar-refractivity contribution in [1.82, 2.24) is 19.9 Å². The number of H-pyrrole nitrogens is 1. The smallest absolute Gasteiger partial charge is 0.290 e. The number of nitrogens with two attached hydrogens (primary N) is 1. The molecule has 25 heavy (non-hydrogen) atoms. The van der Waals surface area contributed by atoms with Gasteiger partial charge in [-0.15, -0.1) is 0 Å². The molecule has 13 heteroatoms. The van der Waals surface area contributed by atoms with Gasteiger partial charge in [0, 0.05) is 6.07 Å². The Hall–Kier alpha value is -3.12. The minimum Gasteiger partial charge on any atom is -0.369 e. The van der Waals surface area contributed by atoms with E-state index in [4.69, 9.17) is 17.3 Å². The highest BCUT2D eigenvalue weighted by molar-refractivity contribution is 7.85. The lowest BCUT2D eigenvalue weighted by molar-refractivity contribution is -0.384. The van der Waals surface area contributed by atoms with Crippen LogP contribution in [0.1, 0.15) is 0 Å². The maximum absolute atomic E-state index is 12.7. The highest BCUT2D eigenvalue weighted by Crippen LogP contribution is 2.35. The van der Waals surface area contributed by atoms with Crippen molar-refractivity contribution < 1.29 is 9.13 Å². The summed E-state index contributed by atoms with van der Waals surface area (Å²) in [5.74, 6) is -0.0430. The van der Waals surface area contributed by atoms with Crippen LogP contribution in [0.4, 0.5) is 23.3 Å². The van der Waals surface area contributed by atoms with E-state index in [-0.39, 0.29) is 49.2 Å². The number of hydrogen-bond acceptors (Lipinski definition) is 9. The zero-order valence-electron chi connectivity index (χ0n) is 11.9. The fourth-order valence-corrected chi connectivity index (χ4v) is 3.71. The predicted molar refractivity (Wildman–Crippen MR) is 88.4 cm³/mol. The molecule has 0 amide bonds. The minimum atomic E-state index is -1.99. The fourth-order valence-electron chi connectivity index (χ4n) is 2.35. The number of anilines is 3. The fraction of sp³-hybridized carbons (Fsp3) is 0. The topological polar surface area (TPSA) is 170 Å². The van der Waals surface area contributed by atoms with Crippen molar-refractivity contribution in [2.45, 2.75) is 9.92 Å². The van der Waals surface area contributed by atoms with E-state index in [1.807, 2.05) is 0 Å². The van der Waals surface area contributed by atoms with Gasteiger partial charge in [-0.05, 0) is 6.07 Å². The Bertz CT molecular complexity index is 1180. The Morgan fingerprint density at radius 1 is 1.20 bits per heavy atom. The summed E-state index contributed by atoms with van der Waals surface area (Å²) in [5, 5.41) is 13.6. The van der Waals surface area contributed by atoms with Crippen molar-refractivity contribution in [2.75, 3.05) is 11.1 Å². The number of benzene rings is 1. The maximum Gasteiger partial charge on any atom is 0.290 e. The minimum absolute atomic E-state index is 0.00809. The second-order valence-electron chi connectivity index (χ2n) is 4.95. The van der Waals surface area contributed by atoms with E-state index < -0.39 is 21.3 Å². The van der Waals surface area contributed by atoms with Gasteiger partial charge in [0.05, 0.1) is 16.0 Å². The second kappa shape index (κ2) is 5.19. The van der Waals surface area contributed by atoms with E-state index in [1.165, 1.54) is 6.07 Å². The number of hydrogen-bond donors (Lipinski definition) is 3. The Morgan fingerprint density at radius 2 is 1.92 bits per heavy atom. The number of halogens is 1. The first-order chi connectivity index (χ1) is 11.8. The third-order valence-electron chi connectivity index (χ3n) is 3.39. The molecule has 11 nitrogen and oxygen atoms in total. The van der Waals surface area contributed by atoms with E-state index in [0.717, 1.165) is 6.07 Å². The predicted octanol–water partition coefficient (Wildman–Crippen LogP) is 1.08. The molecule has 0 radical (unpaired) electrons. The molecular formula is C12H6ClN7O4S. The van der Waals surface area contributed by atoms with E-state index in [1.54, 1.807) is 0 Å². The van der Waals surface area contributed by atoms with Gasteiger partial charge in [0.2, 0.25) is 5.95 Å². The molecule has 0 aliphatic carbocycles. The molecule has 0 saturated heterocycles. The van der Waals surface area contributed by atoms with Gasteiger partial charge >= 0.3 is 0 Å². The van der Waals surface area contributed by atoms with Crippen LogP contribution in [0.15, 0.2) is 26.8 Å². The molecule has 1 aliphatic rings. The average Bonchev–Trinajstić information content (AvgIpc) is 2.52. The number of nitrogen functional groups attached to an aromatic ring is 1. The van der Waals surface area contributed by atoms with Crippen LogP contribution in [0.5, 0.6) is 0 Å². The number of nitro benzene ring substituents is 1. The van der Waals surface area contributed by atoms with Crippen LogP contribution >= 0.6 is 11.6 Å². The molecule has 3 heterocycles. The lowest BCUT2D eigenvalue weighted by Crippen LogP contribution is -2.24. The summed E-state index contributed by atoms with van der Waals surface area (Å²) in [7, 11) is -1.99. The molecule has 0 saturated carbocycles. The summed E-state index contributed by atoms with van der Waals surface area (Å²) in [6, 6.07) is 2.41. The molecule has 1 unspecified atom stereocenters. The lowest BCUT2D eigenvalue weighted by atomic mass is 10.2. The van der Waals surface area contributed by atoms with Gasteiger partial charge in [-0.2, -0.15) is 4.98 Å². The molecule has 1 aliphatic heterocycles. The maximum atomic E-state index is 12.7. The molecule has 4 N–H and O–H groups in total. The molecule has 1 aromatic carbocycles. The highest BCUT2D eigenvalue weighted by atomic mass is 35.5. The Morgan fingerprint density at radius 3 is 2.64 bits per heavy atom. The van der Waals surface area contributed by atoms with Crippen molar-refractivity contribution in [1.29, 1.82) is 0 Å². The summed E-state index contributed by atoms with van der Waals surface area (Å²) in [6.07, 6.45) is 0. The first kappa shape index (κ1) is 15.4. The molecule has 0 fully saturated rings. The van der Waals surface area contributed by atoms with Crippen LogP contribution in [0, 0.1) is 10.1 Å². The van der Waals surface area contributed by atoms with Crippen molar-refractivity contribution >= 4 is 56.7 Å². The Kier molecular flexibility index (Phi) is 3.20. The summed E-state index contributed by atoms with van der Waals surface area (Å²) < 4.78 is 12.7. The zero-order chi connectivity index (χ0) is 17.9. The highest BCUT2D eigenvalue weighted by Gasteiger charge is 2.30. The van der Waals surface area contributed by atoms with Gasteiger partial charge < -0.3 is 11.1 Å². The van der Waals surface area contributed by atoms with Crippen molar-refractivity contribution in [3.8, 4) is 0 Å². The van der Waals surface area contributed by atoms with E-state index in [2.05, 4.69) is 25.3 Å². The van der Waals surface area contributed by atoms with Crippen molar-refractivity contribution in [2.24, 2.45) is 0 Å². The Labute approximate surface area is 144 Å². The molecule has 3 aromatic rings. The molecule has 0 bridgehead atoms. The van der Waals surface area contributed by atoms with Gasteiger partial charge in [-0.1, -0.05) is 11.6 Å². The van der Waals surface area contributed by atoms with Gasteiger partial charge in [-0.25, -0.2) is 14.2 Å². The average molecular weight is 380 g/mol. The first-order valence-electron chi connectivity index (χ1n) is 6.59. The van der Waals surface area contributed by atoms with E-state index in [9.17, 15) is 19.1 Å². The second-order valence-corrected chi connectivity index (χ2v) is 6.69. The third-order valence-corrected chi connectivity index (χ3v) is 5.08. The quantitative estimate of drug-likeness (QED) is 0.323. The molecule has 1 atom stereocenters. The standard InChI is InChI=1S/C12H6ClN7O4S/c13-3-1-4-5(2-6(3)20(22)23)16-11-9(15-4)17-8-7(25(11)24)10(21)19-12(14)18-8/h1-2H,(H4,14,15,17,18,19,21). The molecule has 0 spiro atoms.